The van der Waals surface area contributed by atoms with Crippen LogP contribution in [0.1, 0.15) is 17.0 Å². The van der Waals surface area contributed by atoms with Crippen molar-refractivity contribution >= 4 is 5.91 Å². The van der Waals surface area contributed by atoms with Gasteiger partial charge in [-0.05, 0) is 24.6 Å². The van der Waals surface area contributed by atoms with E-state index in [-0.39, 0.29) is 5.91 Å². The molecule has 0 aromatic carbocycles. The minimum atomic E-state index is 0.101. The smallest absolute Gasteiger partial charge is 0.228 e. The van der Waals surface area contributed by atoms with E-state index in [4.69, 9.17) is 4.42 Å². The summed E-state index contributed by atoms with van der Waals surface area (Å²) in [4.78, 5) is 27.6. The molecule has 126 valence electrons. The van der Waals surface area contributed by atoms with Crippen LogP contribution in [0.4, 0.5) is 0 Å². The van der Waals surface area contributed by atoms with Crippen LogP contribution in [0.2, 0.25) is 0 Å². The zero-order valence-electron chi connectivity index (χ0n) is 13.8. The lowest BCUT2D eigenvalue weighted by Crippen LogP contribution is -2.34. The minimum Gasteiger partial charge on any atom is -0.472 e. The summed E-state index contributed by atoms with van der Waals surface area (Å²) in [6.45, 7) is 1.33. The number of fused-ring (bicyclic) bond motifs is 1. The van der Waals surface area contributed by atoms with Crippen LogP contribution in [-0.4, -0.2) is 38.8 Å². The first kappa shape index (κ1) is 15.5. The van der Waals surface area contributed by atoms with Gasteiger partial charge >= 0.3 is 0 Å². The second-order valence-corrected chi connectivity index (χ2v) is 6.04. The van der Waals surface area contributed by atoms with Crippen molar-refractivity contribution in [2.75, 3.05) is 13.1 Å². The molecule has 0 unspecified atom stereocenters. The Bertz CT molecular complexity index is 862. The van der Waals surface area contributed by atoms with Gasteiger partial charge in [-0.25, -0.2) is 9.97 Å². The van der Waals surface area contributed by atoms with Crippen LogP contribution in [0.25, 0.3) is 11.3 Å². The quantitative estimate of drug-likeness (QED) is 0.735. The minimum absolute atomic E-state index is 0.101. The van der Waals surface area contributed by atoms with Crippen molar-refractivity contribution in [2.45, 2.75) is 19.3 Å². The number of aromatic nitrogens is 3. The van der Waals surface area contributed by atoms with Crippen molar-refractivity contribution < 1.29 is 9.21 Å². The summed E-state index contributed by atoms with van der Waals surface area (Å²) >= 11 is 0. The molecular formula is C19H18N4O2. The van der Waals surface area contributed by atoms with Gasteiger partial charge in [0.05, 0.1) is 24.6 Å². The predicted molar refractivity (Wildman–Crippen MR) is 91.7 cm³/mol. The van der Waals surface area contributed by atoms with Gasteiger partial charge in [0, 0.05) is 48.2 Å². The molecule has 6 nitrogen and oxygen atoms in total. The molecule has 4 rings (SSSR count). The number of carbonyl (C=O) groups is 1. The van der Waals surface area contributed by atoms with Gasteiger partial charge in [0.2, 0.25) is 5.91 Å². The second kappa shape index (κ2) is 6.84. The fourth-order valence-electron chi connectivity index (χ4n) is 3.19. The normalized spacial score (nSPS) is 14.0. The van der Waals surface area contributed by atoms with E-state index in [9.17, 15) is 4.79 Å². The standard InChI is InChI=1S/C19H18N4O2/c24-18(11-15-3-1-2-7-20-15)23-8-4-16-17(5-9-23)21-13-22-19(16)14-6-10-25-12-14/h1-3,6-7,10,12-13H,4-5,8-9,11H2. The maximum Gasteiger partial charge on any atom is 0.228 e. The van der Waals surface area contributed by atoms with Crippen molar-refractivity contribution in [1.29, 1.82) is 0 Å². The molecule has 3 aromatic rings. The lowest BCUT2D eigenvalue weighted by molar-refractivity contribution is -0.130. The van der Waals surface area contributed by atoms with Crippen molar-refractivity contribution in [3.63, 3.8) is 0 Å². The summed E-state index contributed by atoms with van der Waals surface area (Å²) < 4.78 is 5.19. The van der Waals surface area contributed by atoms with Crippen LogP contribution in [0.3, 0.4) is 0 Å². The molecule has 3 aromatic heterocycles. The summed E-state index contributed by atoms with van der Waals surface area (Å²) in [5, 5.41) is 0. The Labute approximate surface area is 145 Å². The van der Waals surface area contributed by atoms with Crippen LogP contribution in [0, 0.1) is 0 Å². The molecular weight excluding hydrogens is 316 g/mol. The van der Waals surface area contributed by atoms with Gasteiger partial charge in [-0.2, -0.15) is 0 Å². The molecule has 0 spiro atoms. The number of pyridine rings is 1. The zero-order chi connectivity index (χ0) is 17.1. The first-order valence-electron chi connectivity index (χ1n) is 8.34. The fraction of sp³-hybridized carbons (Fsp3) is 0.263. The maximum absolute atomic E-state index is 12.6. The first-order chi connectivity index (χ1) is 12.3. The molecule has 0 aliphatic carbocycles. The van der Waals surface area contributed by atoms with Gasteiger partial charge in [0.1, 0.15) is 6.33 Å². The van der Waals surface area contributed by atoms with Crippen LogP contribution in [0.5, 0.6) is 0 Å². The molecule has 0 radical (unpaired) electrons. The Hall–Kier alpha value is -3.02. The number of carbonyl (C=O) groups excluding carboxylic acids is 1. The molecule has 0 saturated carbocycles. The molecule has 1 aliphatic rings. The van der Waals surface area contributed by atoms with E-state index in [2.05, 4.69) is 15.0 Å². The van der Waals surface area contributed by atoms with E-state index >= 15 is 0 Å². The largest absolute Gasteiger partial charge is 0.472 e. The van der Waals surface area contributed by atoms with E-state index in [1.54, 1.807) is 25.1 Å². The van der Waals surface area contributed by atoms with Gasteiger partial charge in [-0.15, -0.1) is 0 Å². The van der Waals surface area contributed by atoms with Gasteiger partial charge in [-0.1, -0.05) is 6.07 Å². The number of hydrogen-bond acceptors (Lipinski definition) is 5. The highest BCUT2D eigenvalue weighted by Crippen LogP contribution is 2.26. The second-order valence-electron chi connectivity index (χ2n) is 6.04. The third kappa shape index (κ3) is 3.28. The summed E-state index contributed by atoms with van der Waals surface area (Å²) in [5.41, 5.74) is 4.77. The van der Waals surface area contributed by atoms with E-state index in [0.29, 0.717) is 19.5 Å². The van der Waals surface area contributed by atoms with Crippen LogP contribution in [-0.2, 0) is 24.1 Å². The molecule has 6 heteroatoms. The lowest BCUT2D eigenvalue weighted by atomic mass is 10.0. The number of rotatable bonds is 3. The topological polar surface area (TPSA) is 72.1 Å². The number of amides is 1. The molecule has 25 heavy (non-hydrogen) atoms. The third-order valence-corrected chi connectivity index (χ3v) is 4.49. The van der Waals surface area contributed by atoms with E-state index in [1.165, 1.54) is 0 Å². The molecule has 1 aliphatic heterocycles. The average molecular weight is 334 g/mol. The van der Waals surface area contributed by atoms with Crippen molar-refractivity contribution in [2.24, 2.45) is 0 Å². The molecule has 4 heterocycles. The van der Waals surface area contributed by atoms with E-state index in [1.807, 2.05) is 29.2 Å². The number of furan rings is 1. The Morgan fingerprint density at radius 3 is 2.84 bits per heavy atom. The maximum atomic E-state index is 12.6. The van der Waals surface area contributed by atoms with Gasteiger partial charge in [0.15, 0.2) is 0 Å². The van der Waals surface area contributed by atoms with Gasteiger partial charge in [0.25, 0.3) is 0 Å². The number of nitrogens with zero attached hydrogens (tertiary/aromatic N) is 4. The van der Waals surface area contributed by atoms with E-state index < -0.39 is 0 Å². The van der Waals surface area contributed by atoms with Crippen LogP contribution >= 0.6 is 0 Å². The average Bonchev–Trinajstić information content (AvgIpc) is 3.08. The first-order valence-corrected chi connectivity index (χ1v) is 8.34. The monoisotopic (exact) mass is 334 g/mol. The summed E-state index contributed by atoms with van der Waals surface area (Å²) in [6, 6.07) is 7.54. The SMILES string of the molecule is O=C(Cc1ccccn1)N1CCc2ncnc(-c3ccoc3)c2CC1. The summed E-state index contributed by atoms with van der Waals surface area (Å²) in [6.07, 6.45) is 8.44. The highest BCUT2D eigenvalue weighted by atomic mass is 16.3. The Kier molecular flexibility index (Phi) is 4.24. The molecule has 0 saturated heterocycles. The van der Waals surface area contributed by atoms with Crippen molar-refractivity contribution in [1.82, 2.24) is 19.9 Å². The van der Waals surface area contributed by atoms with Crippen LogP contribution < -0.4 is 0 Å². The molecule has 0 bridgehead atoms. The molecule has 1 amide bonds. The highest BCUT2D eigenvalue weighted by molar-refractivity contribution is 5.78. The highest BCUT2D eigenvalue weighted by Gasteiger charge is 2.22. The lowest BCUT2D eigenvalue weighted by Gasteiger charge is -2.20. The van der Waals surface area contributed by atoms with Gasteiger partial charge < -0.3 is 9.32 Å². The van der Waals surface area contributed by atoms with Crippen molar-refractivity contribution in [3.05, 3.63) is 66.3 Å². The molecule has 0 fully saturated rings. The van der Waals surface area contributed by atoms with Crippen LogP contribution in [0.15, 0.2) is 53.7 Å². The fourth-order valence-corrected chi connectivity index (χ4v) is 3.19. The van der Waals surface area contributed by atoms with E-state index in [0.717, 1.165) is 41.1 Å². The van der Waals surface area contributed by atoms with Gasteiger partial charge in [-0.3, -0.25) is 9.78 Å². The predicted octanol–water partition coefficient (Wildman–Crippen LogP) is 2.30. The Morgan fingerprint density at radius 1 is 1.12 bits per heavy atom. The zero-order valence-corrected chi connectivity index (χ0v) is 13.8. The third-order valence-electron chi connectivity index (χ3n) is 4.49. The van der Waals surface area contributed by atoms with Crippen molar-refractivity contribution in [3.8, 4) is 11.3 Å². The summed E-state index contributed by atoms with van der Waals surface area (Å²) in [5.74, 6) is 0.101. The summed E-state index contributed by atoms with van der Waals surface area (Å²) in [7, 11) is 0. The number of hydrogen-bond donors (Lipinski definition) is 0. The Morgan fingerprint density at radius 2 is 2.04 bits per heavy atom. The molecule has 0 atom stereocenters. The molecule has 0 N–H and O–H groups in total. The Balaban J connectivity index is 1.52.